The number of carbonyl (C=O) groups is 1. The highest BCUT2D eigenvalue weighted by molar-refractivity contribution is 5.84. The fraction of sp³-hybridized carbons (Fsp3) is 0.633. The third kappa shape index (κ3) is 5.73. The van der Waals surface area contributed by atoms with Crippen molar-refractivity contribution >= 4 is 23.2 Å². The lowest BCUT2D eigenvalue weighted by atomic mass is 9.82. The van der Waals surface area contributed by atoms with Crippen molar-refractivity contribution in [2.24, 2.45) is 5.41 Å². The summed E-state index contributed by atoms with van der Waals surface area (Å²) in [7, 11) is 0. The van der Waals surface area contributed by atoms with Crippen LogP contribution in [0.25, 0.3) is 0 Å². The molecule has 1 N–H and O–H groups in total. The quantitative estimate of drug-likeness (QED) is 0.602. The minimum atomic E-state index is -0.487. The van der Waals surface area contributed by atoms with Crippen molar-refractivity contribution < 1.29 is 13.6 Å². The smallest absolute Gasteiger partial charge is 0.240 e. The van der Waals surface area contributed by atoms with Crippen molar-refractivity contribution in [3.63, 3.8) is 0 Å². The molecule has 8 nitrogen and oxygen atoms in total. The van der Waals surface area contributed by atoms with E-state index in [9.17, 15) is 4.79 Å². The molecule has 216 valence electrons. The molecule has 1 aromatic carbocycles. The lowest BCUT2D eigenvalue weighted by Gasteiger charge is -2.48. The molecule has 6 rings (SSSR count). The normalized spacial score (nSPS) is 23.1. The topological polar surface area (TPSA) is 67.8 Å². The van der Waals surface area contributed by atoms with Gasteiger partial charge in [-0.1, -0.05) is 13.8 Å². The minimum Gasteiger partial charge on any atom is -0.357 e. The van der Waals surface area contributed by atoms with Gasteiger partial charge in [0.15, 0.2) is 0 Å². The van der Waals surface area contributed by atoms with Crippen molar-refractivity contribution in [1.29, 1.82) is 0 Å². The number of carbonyl (C=O) groups excluding carboxylic acids is 1. The molecule has 40 heavy (non-hydrogen) atoms. The molecule has 0 aliphatic carbocycles. The molecule has 0 radical (unpaired) electrons. The molecule has 4 saturated heterocycles. The van der Waals surface area contributed by atoms with E-state index in [-0.39, 0.29) is 18.1 Å². The molecular weight excluding hydrogens is 512 g/mol. The van der Waals surface area contributed by atoms with E-state index in [1.807, 2.05) is 0 Å². The maximum atomic E-state index is 15.4. The van der Waals surface area contributed by atoms with E-state index in [1.54, 1.807) is 11.2 Å². The van der Waals surface area contributed by atoms with Gasteiger partial charge < -0.3 is 20.0 Å². The third-order valence-electron chi connectivity index (χ3n) is 9.41. The van der Waals surface area contributed by atoms with Crippen LogP contribution in [0.15, 0.2) is 24.5 Å². The van der Waals surface area contributed by atoms with E-state index in [2.05, 4.69) is 49.9 Å². The minimum absolute atomic E-state index is 0.0213. The van der Waals surface area contributed by atoms with Crippen LogP contribution in [0.2, 0.25) is 0 Å². The van der Waals surface area contributed by atoms with Gasteiger partial charge in [-0.25, -0.2) is 18.7 Å². The molecule has 10 heteroatoms. The van der Waals surface area contributed by atoms with Gasteiger partial charge in [-0.3, -0.25) is 9.69 Å². The van der Waals surface area contributed by atoms with Crippen LogP contribution < -0.4 is 20.0 Å². The van der Waals surface area contributed by atoms with Crippen LogP contribution in [0.3, 0.4) is 0 Å². The molecule has 1 aromatic heterocycles. The lowest BCUT2D eigenvalue weighted by molar-refractivity contribution is -0.123. The molecule has 0 atom stereocenters. The zero-order valence-electron chi connectivity index (χ0n) is 23.8. The molecular formula is C30H41F2N7O. The Morgan fingerprint density at radius 3 is 2.15 bits per heavy atom. The molecule has 1 amide bonds. The van der Waals surface area contributed by atoms with Crippen LogP contribution in [0.5, 0.6) is 0 Å². The maximum absolute atomic E-state index is 15.4. The third-order valence-corrected chi connectivity index (χ3v) is 9.41. The zero-order valence-corrected chi connectivity index (χ0v) is 23.8. The number of halogens is 2. The standard InChI is InChI=1S/C30H41F2N7O/c1-29(2)5-11-36(12-6-29)18-22-15-24(32)25(16-23(22)31)39-19-28(40)35-30(20-39)7-13-38(14-8-30)27-17-26(33-21-34-27)37-9-3-4-10-37/h15-17,21H,3-14,18-20H2,1-2H3,(H,35,40). The number of benzene rings is 1. The number of hydrogen-bond donors (Lipinski definition) is 1. The number of amides is 1. The Labute approximate surface area is 235 Å². The number of rotatable bonds is 5. The molecule has 0 unspecified atom stereocenters. The Morgan fingerprint density at radius 2 is 1.48 bits per heavy atom. The summed E-state index contributed by atoms with van der Waals surface area (Å²) in [5, 5.41) is 3.19. The Hall–Kier alpha value is -3.01. The van der Waals surface area contributed by atoms with Crippen LogP contribution in [0, 0.1) is 17.0 Å². The van der Waals surface area contributed by atoms with Crippen LogP contribution in [-0.2, 0) is 11.3 Å². The Bertz CT molecular complexity index is 1230. The highest BCUT2D eigenvalue weighted by Gasteiger charge is 2.42. The fourth-order valence-electron chi connectivity index (χ4n) is 6.71. The monoisotopic (exact) mass is 553 g/mol. The maximum Gasteiger partial charge on any atom is 0.240 e. The molecule has 4 fully saturated rings. The summed E-state index contributed by atoms with van der Waals surface area (Å²) in [4.78, 5) is 30.3. The average molecular weight is 554 g/mol. The summed E-state index contributed by atoms with van der Waals surface area (Å²) >= 11 is 0. The summed E-state index contributed by atoms with van der Waals surface area (Å²) in [5.41, 5.74) is 0.363. The number of hydrogen-bond acceptors (Lipinski definition) is 7. The van der Waals surface area contributed by atoms with Gasteiger partial charge in [0.2, 0.25) is 5.91 Å². The second-order valence-electron chi connectivity index (χ2n) is 12.9. The van der Waals surface area contributed by atoms with Gasteiger partial charge in [-0.2, -0.15) is 0 Å². The van der Waals surface area contributed by atoms with Crippen molar-refractivity contribution in [2.45, 2.75) is 64.5 Å². The van der Waals surface area contributed by atoms with Crippen LogP contribution in [0.1, 0.15) is 57.9 Å². The fourth-order valence-corrected chi connectivity index (χ4v) is 6.71. The molecule has 4 aliphatic heterocycles. The van der Waals surface area contributed by atoms with E-state index >= 15 is 8.78 Å². The average Bonchev–Trinajstić information content (AvgIpc) is 3.47. The number of aromatic nitrogens is 2. The molecule has 1 spiro atoms. The predicted octanol–water partition coefficient (Wildman–Crippen LogP) is 3.95. The van der Waals surface area contributed by atoms with Crippen molar-refractivity contribution in [1.82, 2.24) is 20.2 Å². The second-order valence-corrected chi connectivity index (χ2v) is 12.9. The molecule has 4 aliphatic rings. The Balaban J connectivity index is 1.12. The lowest BCUT2D eigenvalue weighted by Crippen LogP contribution is -2.66. The zero-order chi connectivity index (χ0) is 27.9. The van der Waals surface area contributed by atoms with E-state index in [4.69, 9.17) is 0 Å². The van der Waals surface area contributed by atoms with Gasteiger partial charge in [0.05, 0.1) is 17.8 Å². The Morgan fingerprint density at radius 1 is 0.825 bits per heavy atom. The van der Waals surface area contributed by atoms with Gasteiger partial charge in [-0.15, -0.1) is 0 Å². The summed E-state index contributed by atoms with van der Waals surface area (Å²) < 4.78 is 30.7. The van der Waals surface area contributed by atoms with Gasteiger partial charge >= 0.3 is 0 Å². The molecule has 5 heterocycles. The summed E-state index contributed by atoms with van der Waals surface area (Å²) in [5.74, 6) is 0.828. The van der Waals surface area contributed by atoms with E-state index in [0.29, 0.717) is 50.0 Å². The summed E-state index contributed by atoms with van der Waals surface area (Å²) in [6.07, 6.45) is 7.50. The number of anilines is 3. The van der Waals surface area contributed by atoms with Gasteiger partial charge in [0, 0.05) is 57.0 Å². The highest BCUT2D eigenvalue weighted by atomic mass is 19.1. The first-order chi connectivity index (χ1) is 19.2. The molecule has 2 aromatic rings. The number of piperidine rings is 2. The predicted molar refractivity (Wildman–Crippen MR) is 153 cm³/mol. The van der Waals surface area contributed by atoms with Crippen LogP contribution in [-0.4, -0.2) is 78.7 Å². The Kier molecular flexibility index (Phi) is 7.31. The van der Waals surface area contributed by atoms with Crippen molar-refractivity contribution in [3.8, 4) is 0 Å². The molecule has 0 saturated carbocycles. The molecule has 0 bridgehead atoms. The van der Waals surface area contributed by atoms with Crippen LogP contribution in [0.4, 0.5) is 26.1 Å². The first-order valence-corrected chi connectivity index (χ1v) is 14.8. The van der Waals surface area contributed by atoms with E-state index < -0.39 is 17.2 Å². The first kappa shape index (κ1) is 27.2. The van der Waals surface area contributed by atoms with E-state index in [0.717, 1.165) is 50.7 Å². The van der Waals surface area contributed by atoms with E-state index in [1.165, 1.54) is 25.0 Å². The van der Waals surface area contributed by atoms with Crippen LogP contribution >= 0.6 is 0 Å². The SMILES string of the molecule is CC1(C)CCN(Cc2cc(F)c(N3CC(=O)NC4(CCN(c5cc(N6CCCC6)ncn5)CC4)C3)cc2F)CC1. The second kappa shape index (κ2) is 10.8. The van der Waals surface area contributed by atoms with Gasteiger partial charge in [-0.05, 0) is 63.1 Å². The van der Waals surface area contributed by atoms with Crippen molar-refractivity contribution in [2.75, 3.05) is 67.1 Å². The number of likely N-dealkylation sites (tertiary alicyclic amines) is 1. The van der Waals surface area contributed by atoms with Crippen molar-refractivity contribution in [3.05, 3.63) is 41.7 Å². The summed E-state index contributed by atoms with van der Waals surface area (Å²) in [6.45, 7) is 10.6. The van der Waals surface area contributed by atoms with Gasteiger partial charge in [0.25, 0.3) is 0 Å². The largest absolute Gasteiger partial charge is 0.357 e. The number of nitrogens with one attached hydrogen (secondary N) is 1. The highest BCUT2D eigenvalue weighted by Crippen LogP contribution is 2.34. The first-order valence-electron chi connectivity index (χ1n) is 14.8. The number of piperazine rings is 1. The number of nitrogens with zero attached hydrogens (tertiary/aromatic N) is 6. The van der Waals surface area contributed by atoms with Gasteiger partial charge in [0.1, 0.15) is 29.6 Å². The summed E-state index contributed by atoms with van der Waals surface area (Å²) in [6, 6.07) is 4.68.